The Labute approximate surface area is 146 Å². The van der Waals surface area contributed by atoms with Gasteiger partial charge in [0.1, 0.15) is 18.1 Å². The SMILES string of the molecule is Cc1c(COc2ccc(-c3ccccc3)cc2)coc1C=CC(=O)O. The minimum absolute atomic E-state index is 0.362. The normalized spacial score (nSPS) is 10.9. The number of benzene rings is 2. The van der Waals surface area contributed by atoms with E-state index >= 15 is 0 Å². The van der Waals surface area contributed by atoms with Crippen LogP contribution in [0.4, 0.5) is 0 Å². The molecule has 0 aliphatic heterocycles. The molecule has 0 saturated heterocycles. The van der Waals surface area contributed by atoms with Crippen LogP contribution in [-0.2, 0) is 11.4 Å². The molecule has 0 amide bonds. The third kappa shape index (κ3) is 4.18. The zero-order chi connectivity index (χ0) is 17.6. The summed E-state index contributed by atoms with van der Waals surface area (Å²) in [5.74, 6) is 0.287. The number of hydrogen-bond donors (Lipinski definition) is 1. The number of rotatable bonds is 6. The smallest absolute Gasteiger partial charge is 0.328 e. The summed E-state index contributed by atoms with van der Waals surface area (Å²) >= 11 is 0. The fourth-order valence-electron chi connectivity index (χ4n) is 2.46. The first-order chi connectivity index (χ1) is 12.1. The third-order valence-corrected chi connectivity index (χ3v) is 3.91. The second-order valence-electron chi connectivity index (χ2n) is 5.60. The van der Waals surface area contributed by atoms with Crippen LogP contribution in [-0.4, -0.2) is 11.1 Å². The van der Waals surface area contributed by atoms with Crippen molar-refractivity contribution in [2.45, 2.75) is 13.5 Å². The molecule has 4 heteroatoms. The Kier molecular flexibility index (Phi) is 5.00. The van der Waals surface area contributed by atoms with E-state index in [9.17, 15) is 4.79 Å². The van der Waals surface area contributed by atoms with Crippen LogP contribution in [0.2, 0.25) is 0 Å². The summed E-state index contributed by atoms with van der Waals surface area (Å²) in [5.41, 5.74) is 4.05. The van der Waals surface area contributed by atoms with Gasteiger partial charge in [-0.15, -0.1) is 0 Å². The van der Waals surface area contributed by atoms with E-state index in [1.807, 2.05) is 49.4 Å². The van der Waals surface area contributed by atoms with Gasteiger partial charge in [-0.2, -0.15) is 0 Å². The first-order valence-electron chi connectivity index (χ1n) is 7.90. The summed E-state index contributed by atoms with van der Waals surface area (Å²) in [4.78, 5) is 10.6. The molecule has 0 unspecified atom stereocenters. The van der Waals surface area contributed by atoms with Crippen LogP contribution in [0.1, 0.15) is 16.9 Å². The zero-order valence-electron chi connectivity index (χ0n) is 13.8. The maximum atomic E-state index is 10.6. The molecule has 2 aromatic carbocycles. The van der Waals surface area contributed by atoms with Gasteiger partial charge in [0.15, 0.2) is 0 Å². The van der Waals surface area contributed by atoms with E-state index in [0.717, 1.165) is 34.1 Å². The average Bonchev–Trinajstić information content (AvgIpc) is 2.99. The van der Waals surface area contributed by atoms with Crippen LogP contribution in [0.3, 0.4) is 0 Å². The van der Waals surface area contributed by atoms with Crippen LogP contribution in [0.25, 0.3) is 17.2 Å². The van der Waals surface area contributed by atoms with Gasteiger partial charge in [0.05, 0.1) is 6.26 Å². The molecule has 3 aromatic rings. The molecule has 0 aliphatic rings. The highest BCUT2D eigenvalue weighted by Gasteiger charge is 2.08. The minimum Gasteiger partial charge on any atom is -0.489 e. The number of ether oxygens (including phenoxy) is 1. The van der Waals surface area contributed by atoms with Crippen molar-refractivity contribution < 1.29 is 19.1 Å². The molecular formula is C21H18O4. The van der Waals surface area contributed by atoms with E-state index < -0.39 is 5.97 Å². The number of carboxylic acid groups (broad SMARTS) is 1. The Bertz CT molecular complexity index is 874. The maximum Gasteiger partial charge on any atom is 0.328 e. The van der Waals surface area contributed by atoms with E-state index in [2.05, 4.69) is 12.1 Å². The van der Waals surface area contributed by atoms with E-state index in [0.29, 0.717) is 12.4 Å². The van der Waals surface area contributed by atoms with Gasteiger partial charge in [0.2, 0.25) is 0 Å². The summed E-state index contributed by atoms with van der Waals surface area (Å²) < 4.78 is 11.2. The van der Waals surface area contributed by atoms with Gasteiger partial charge in [-0.25, -0.2) is 4.79 Å². The lowest BCUT2D eigenvalue weighted by Crippen LogP contribution is -1.96. The van der Waals surface area contributed by atoms with E-state index in [1.165, 1.54) is 6.08 Å². The van der Waals surface area contributed by atoms with Crippen molar-refractivity contribution in [2.24, 2.45) is 0 Å². The molecule has 0 spiro atoms. The van der Waals surface area contributed by atoms with Crippen molar-refractivity contribution in [3.63, 3.8) is 0 Å². The molecule has 0 fully saturated rings. The minimum atomic E-state index is -1.01. The van der Waals surface area contributed by atoms with Gasteiger partial charge in [0, 0.05) is 17.2 Å². The highest BCUT2D eigenvalue weighted by atomic mass is 16.5. The topological polar surface area (TPSA) is 59.7 Å². The summed E-state index contributed by atoms with van der Waals surface area (Å²) in [6.45, 7) is 2.24. The lowest BCUT2D eigenvalue weighted by atomic mass is 10.1. The molecule has 3 rings (SSSR count). The van der Waals surface area contributed by atoms with E-state index in [4.69, 9.17) is 14.3 Å². The number of carboxylic acids is 1. The molecule has 1 N–H and O–H groups in total. The summed E-state index contributed by atoms with van der Waals surface area (Å²) in [5, 5.41) is 8.68. The number of hydrogen-bond acceptors (Lipinski definition) is 3. The molecule has 0 saturated carbocycles. The standard InChI is InChI=1S/C21H18O4/c1-15-18(14-25-20(15)11-12-21(22)23)13-24-19-9-7-17(8-10-19)16-5-3-2-4-6-16/h2-12,14H,13H2,1H3,(H,22,23). The molecule has 25 heavy (non-hydrogen) atoms. The Morgan fingerprint density at radius 3 is 2.44 bits per heavy atom. The molecular weight excluding hydrogens is 316 g/mol. The van der Waals surface area contributed by atoms with Gasteiger partial charge in [-0.1, -0.05) is 42.5 Å². The van der Waals surface area contributed by atoms with Crippen molar-refractivity contribution in [1.82, 2.24) is 0 Å². The lowest BCUT2D eigenvalue weighted by Gasteiger charge is -2.07. The molecule has 1 aromatic heterocycles. The second kappa shape index (κ2) is 7.53. The van der Waals surface area contributed by atoms with Crippen molar-refractivity contribution >= 4 is 12.0 Å². The van der Waals surface area contributed by atoms with Crippen molar-refractivity contribution in [3.05, 3.63) is 83.8 Å². The summed E-state index contributed by atoms with van der Waals surface area (Å²) in [7, 11) is 0. The fraction of sp³-hybridized carbons (Fsp3) is 0.0952. The largest absolute Gasteiger partial charge is 0.489 e. The van der Waals surface area contributed by atoms with Crippen LogP contribution < -0.4 is 4.74 Å². The molecule has 1 heterocycles. The van der Waals surface area contributed by atoms with E-state index in [1.54, 1.807) is 6.26 Å². The first-order valence-corrected chi connectivity index (χ1v) is 7.90. The van der Waals surface area contributed by atoms with Gasteiger partial charge in [-0.05, 0) is 36.3 Å². The Morgan fingerprint density at radius 1 is 1.08 bits per heavy atom. The molecule has 4 nitrogen and oxygen atoms in total. The summed E-state index contributed by atoms with van der Waals surface area (Å²) in [6, 6.07) is 18.1. The van der Waals surface area contributed by atoms with Gasteiger partial charge in [-0.3, -0.25) is 0 Å². The van der Waals surface area contributed by atoms with Crippen molar-refractivity contribution in [1.29, 1.82) is 0 Å². The van der Waals surface area contributed by atoms with Crippen molar-refractivity contribution in [3.8, 4) is 16.9 Å². The first kappa shape index (κ1) is 16.6. The lowest BCUT2D eigenvalue weighted by molar-refractivity contribution is -0.131. The third-order valence-electron chi connectivity index (χ3n) is 3.91. The Balaban J connectivity index is 1.65. The van der Waals surface area contributed by atoms with Crippen LogP contribution >= 0.6 is 0 Å². The number of aliphatic carboxylic acids is 1. The summed E-state index contributed by atoms with van der Waals surface area (Å²) in [6.07, 6.45) is 4.09. The number of furan rings is 1. The van der Waals surface area contributed by atoms with Crippen LogP contribution in [0.15, 0.2) is 71.4 Å². The zero-order valence-corrected chi connectivity index (χ0v) is 13.8. The molecule has 0 radical (unpaired) electrons. The fourth-order valence-corrected chi connectivity index (χ4v) is 2.46. The van der Waals surface area contributed by atoms with E-state index in [-0.39, 0.29) is 0 Å². The monoisotopic (exact) mass is 334 g/mol. The van der Waals surface area contributed by atoms with Gasteiger partial charge < -0.3 is 14.3 Å². The Hall–Kier alpha value is -3.27. The molecule has 126 valence electrons. The maximum absolute atomic E-state index is 10.6. The molecule has 0 bridgehead atoms. The van der Waals surface area contributed by atoms with Crippen molar-refractivity contribution in [2.75, 3.05) is 0 Å². The predicted octanol–water partition coefficient (Wildman–Crippen LogP) is 4.93. The average molecular weight is 334 g/mol. The molecule has 0 atom stereocenters. The predicted molar refractivity (Wildman–Crippen MR) is 96.3 cm³/mol. The Morgan fingerprint density at radius 2 is 1.76 bits per heavy atom. The second-order valence-corrected chi connectivity index (χ2v) is 5.60. The highest BCUT2D eigenvalue weighted by molar-refractivity contribution is 5.85. The number of carbonyl (C=O) groups is 1. The molecule has 0 aliphatic carbocycles. The van der Waals surface area contributed by atoms with Crippen LogP contribution in [0.5, 0.6) is 5.75 Å². The van der Waals surface area contributed by atoms with Gasteiger partial charge in [0.25, 0.3) is 0 Å². The van der Waals surface area contributed by atoms with Gasteiger partial charge >= 0.3 is 5.97 Å². The quantitative estimate of drug-likeness (QED) is 0.649. The highest BCUT2D eigenvalue weighted by Crippen LogP contribution is 2.24. The van der Waals surface area contributed by atoms with Crippen LogP contribution in [0, 0.1) is 6.92 Å².